The zero-order chi connectivity index (χ0) is 16.7. The number of halogens is 1. The molecule has 2 amide bonds. The summed E-state index contributed by atoms with van der Waals surface area (Å²) in [6.45, 7) is 3.59. The van der Waals surface area contributed by atoms with Crippen molar-refractivity contribution < 1.29 is 14.0 Å². The van der Waals surface area contributed by atoms with Crippen molar-refractivity contribution in [2.45, 2.75) is 31.1 Å². The van der Waals surface area contributed by atoms with E-state index in [2.05, 4.69) is 16.0 Å². The first-order chi connectivity index (χ1) is 11.0. The Labute approximate surface area is 139 Å². The molecule has 0 radical (unpaired) electrons. The molecule has 1 aliphatic heterocycles. The van der Waals surface area contributed by atoms with E-state index in [1.165, 1.54) is 36.0 Å². The fourth-order valence-corrected chi connectivity index (χ4v) is 2.99. The van der Waals surface area contributed by atoms with Crippen molar-refractivity contribution in [2.75, 3.05) is 24.2 Å². The van der Waals surface area contributed by atoms with Crippen molar-refractivity contribution in [3.8, 4) is 0 Å². The Morgan fingerprint density at radius 3 is 2.78 bits per heavy atom. The molecule has 0 bridgehead atoms. The SMILES string of the molecule is CC(SCC(=O)Nc1ccc(F)cc1)C(=O)NC1CCCNC1. The molecule has 1 aromatic rings. The molecule has 0 aliphatic carbocycles. The van der Waals surface area contributed by atoms with E-state index in [9.17, 15) is 14.0 Å². The van der Waals surface area contributed by atoms with Gasteiger partial charge in [0, 0.05) is 18.3 Å². The summed E-state index contributed by atoms with van der Waals surface area (Å²) in [5, 5.41) is 8.63. The second-order valence-electron chi connectivity index (χ2n) is 5.56. The number of hydrogen-bond donors (Lipinski definition) is 3. The number of carbonyl (C=O) groups is 2. The molecule has 126 valence electrons. The van der Waals surface area contributed by atoms with Crippen LogP contribution in [0.4, 0.5) is 10.1 Å². The number of benzene rings is 1. The van der Waals surface area contributed by atoms with Crippen molar-refractivity contribution in [1.29, 1.82) is 0 Å². The molecule has 2 rings (SSSR count). The van der Waals surface area contributed by atoms with Crippen molar-refractivity contribution in [2.24, 2.45) is 0 Å². The molecule has 2 unspecified atom stereocenters. The molecule has 5 nitrogen and oxygen atoms in total. The molecule has 0 aromatic heterocycles. The van der Waals surface area contributed by atoms with Crippen LogP contribution in [0.5, 0.6) is 0 Å². The number of thioether (sulfide) groups is 1. The van der Waals surface area contributed by atoms with E-state index in [0.29, 0.717) is 5.69 Å². The first-order valence-electron chi connectivity index (χ1n) is 7.72. The second kappa shape index (κ2) is 8.88. The van der Waals surface area contributed by atoms with Crippen LogP contribution in [0.3, 0.4) is 0 Å². The van der Waals surface area contributed by atoms with Crippen LogP contribution in [0, 0.1) is 5.82 Å². The van der Waals surface area contributed by atoms with E-state index in [-0.39, 0.29) is 34.7 Å². The van der Waals surface area contributed by atoms with Gasteiger partial charge in [0.25, 0.3) is 0 Å². The standard InChI is InChI=1S/C16H22FN3O2S/c1-11(16(22)20-14-3-2-8-18-9-14)23-10-15(21)19-13-6-4-12(17)5-7-13/h4-7,11,14,18H,2-3,8-10H2,1H3,(H,19,21)(H,20,22). The molecule has 0 saturated carbocycles. The van der Waals surface area contributed by atoms with E-state index < -0.39 is 0 Å². The average Bonchev–Trinajstić information content (AvgIpc) is 2.55. The summed E-state index contributed by atoms with van der Waals surface area (Å²) in [7, 11) is 0. The maximum atomic E-state index is 12.8. The Balaban J connectivity index is 1.70. The monoisotopic (exact) mass is 339 g/mol. The van der Waals surface area contributed by atoms with Crippen LogP contribution in [0.1, 0.15) is 19.8 Å². The summed E-state index contributed by atoms with van der Waals surface area (Å²) in [5.41, 5.74) is 0.544. The minimum absolute atomic E-state index is 0.0433. The number of piperidine rings is 1. The van der Waals surface area contributed by atoms with Gasteiger partial charge >= 0.3 is 0 Å². The molecule has 1 heterocycles. The van der Waals surface area contributed by atoms with Gasteiger partial charge in [0.05, 0.1) is 11.0 Å². The second-order valence-corrected chi connectivity index (χ2v) is 6.89. The Morgan fingerprint density at radius 2 is 2.13 bits per heavy atom. The zero-order valence-electron chi connectivity index (χ0n) is 13.1. The number of nitrogens with one attached hydrogen (secondary N) is 3. The molecule has 23 heavy (non-hydrogen) atoms. The van der Waals surface area contributed by atoms with Gasteiger partial charge in [-0.1, -0.05) is 0 Å². The van der Waals surface area contributed by atoms with Crippen LogP contribution in [0.25, 0.3) is 0 Å². The van der Waals surface area contributed by atoms with Gasteiger partial charge in [0.1, 0.15) is 5.82 Å². The summed E-state index contributed by atoms with van der Waals surface area (Å²) < 4.78 is 12.8. The molecular weight excluding hydrogens is 317 g/mol. The van der Waals surface area contributed by atoms with Gasteiger partial charge in [-0.05, 0) is 50.6 Å². The summed E-state index contributed by atoms with van der Waals surface area (Å²) in [5.74, 6) is -0.423. The van der Waals surface area contributed by atoms with Gasteiger partial charge in [-0.25, -0.2) is 4.39 Å². The fourth-order valence-electron chi connectivity index (χ4n) is 2.30. The van der Waals surface area contributed by atoms with E-state index in [4.69, 9.17) is 0 Å². The molecule has 1 aliphatic rings. The highest BCUT2D eigenvalue weighted by Crippen LogP contribution is 2.14. The van der Waals surface area contributed by atoms with Gasteiger partial charge in [0.2, 0.25) is 11.8 Å². The summed E-state index contributed by atoms with van der Waals surface area (Å²) in [4.78, 5) is 23.9. The average molecular weight is 339 g/mol. The van der Waals surface area contributed by atoms with Crippen LogP contribution < -0.4 is 16.0 Å². The van der Waals surface area contributed by atoms with Gasteiger partial charge in [-0.15, -0.1) is 11.8 Å². The van der Waals surface area contributed by atoms with Crippen LogP contribution in [-0.2, 0) is 9.59 Å². The lowest BCUT2D eigenvalue weighted by molar-refractivity contribution is -0.121. The molecule has 1 saturated heterocycles. The van der Waals surface area contributed by atoms with E-state index in [1.54, 1.807) is 6.92 Å². The lowest BCUT2D eigenvalue weighted by Crippen LogP contribution is -2.47. The van der Waals surface area contributed by atoms with Crippen molar-refractivity contribution in [1.82, 2.24) is 10.6 Å². The molecule has 7 heteroatoms. The Hall–Kier alpha value is -1.60. The zero-order valence-corrected chi connectivity index (χ0v) is 13.9. The third-order valence-electron chi connectivity index (χ3n) is 3.60. The normalized spacial score (nSPS) is 19.0. The predicted molar refractivity (Wildman–Crippen MR) is 91.0 cm³/mol. The maximum absolute atomic E-state index is 12.8. The molecule has 3 N–H and O–H groups in total. The first kappa shape index (κ1) is 17.7. The highest BCUT2D eigenvalue weighted by molar-refractivity contribution is 8.01. The van der Waals surface area contributed by atoms with Crippen LogP contribution in [0.2, 0.25) is 0 Å². The Bertz CT molecular complexity index is 533. The summed E-state index contributed by atoms with van der Waals surface area (Å²) in [6.07, 6.45) is 2.05. The quantitative estimate of drug-likeness (QED) is 0.739. The van der Waals surface area contributed by atoms with Gasteiger partial charge in [-0.3, -0.25) is 9.59 Å². The minimum Gasteiger partial charge on any atom is -0.351 e. The maximum Gasteiger partial charge on any atom is 0.234 e. The van der Waals surface area contributed by atoms with Crippen LogP contribution >= 0.6 is 11.8 Å². The molecule has 1 aromatic carbocycles. The number of rotatable bonds is 6. The number of amides is 2. The topological polar surface area (TPSA) is 70.2 Å². The molecular formula is C16H22FN3O2S. The van der Waals surface area contributed by atoms with Crippen molar-refractivity contribution in [3.05, 3.63) is 30.1 Å². The highest BCUT2D eigenvalue weighted by atomic mass is 32.2. The minimum atomic E-state index is -0.347. The third kappa shape index (κ3) is 6.19. The van der Waals surface area contributed by atoms with Crippen LogP contribution in [-0.4, -0.2) is 41.9 Å². The largest absolute Gasteiger partial charge is 0.351 e. The molecule has 2 atom stereocenters. The summed E-state index contributed by atoms with van der Waals surface area (Å²) >= 11 is 1.29. The van der Waals surface area contributed by atoms with Crippen LogP contribution in [0.15, 0.2) is 24.3 Å². The third-order valence-corrected chi connectivity index (χ3v) is 4.75. The molecule has 0 spiro atoms. The van der Waals surface area contributed by atoms with E-state index in [0.717, 1.165) is 25.9 Å². The number of carbonyl (C=O) groups excluding carboxylic acids is 2. The van der Waals surface area contributed by atoms with Gasteiger partial charge in [0.15, 0.2) is 0 Å². The fraction of sp³-hybridized carbons (Fsp3) is 0.500. The smallest absolute Gasteiger partial charge is 0.234 e. The highest BCUT2D eigenvalue weighted by Gasteiger charge is 2.20. The lowest BCUT2D eigenvalue weighted by Gasteiger charge is -2.25. The van der Waals surface area contributed by atoms with Gasteiger partial charge < -0.3 is 16.0 Å². The summed E-state index contributed by atoms with van der Waals surface area (Å²) in [6, 6.07) is 5.76. The Kier molecular flexibility index (Phi) is 6.85. The number of hydrogen-bond acceptors (Lipinski definition) is 4. The Morgan fingerprint density at radius 1 is 1.39 bits per heavy atom. The van der Waals surface area contributed by atoms with E-state index >= 15 is 0 Å². The number of anilines is 1. The lowest BCUT2D eigenvalue weighted by atomic mass is 10.1. The van der Waals surface area contributed by atoms with Crippen molar-refractivity contribution in [3.63, 3.8) is 0 Å². The van der Waals surface area contributed by atoms with Gasteiger partial charge in [-0.2, -0.15) is 0 Å². The first-order valence-corrected chi connectivity index (χ1v) is 8.77. The van der Waals surface area contributed by atoms with Crippen molar-refractivity contribution >= 4 is 29.3 Å². The molecule has 1 fully saturated rings. The van der Waals surface area contributed by atoms with E-state index in [1.807, 2.05) is 0 Å². The predicted octanol–water partition coefficient (Wildman–Crippen LogP) is 1.75.